The Labute approximate surface area is 213 Å². The Balaban J connectivity index is 0.00000261. The standard InChI is InChI=1S/C23H24BrNO.K/c1-23(15-20(17-26)12-19-8-5-9-21(24)13-19)10-11-25-22(16-23)14-18-6-3-2-4-7-18;/h2-7,9,12-13,22,25H,10-11,14-16H2,1H3;/q-2;+1/b20-12-;. The number of allylic oxidation sites excluding steroid dienone is 1. The van der Waals surface area contributed by atoms with Gasteiger partial charge in [-0.25, -0.2) is 0 Å². The van der Waals surface area contributed by atoms with E-state index in [1.807, 2.05) is 24.3 Å². The molecule has 27 heavy (non-hydrogen) atoms. The Morgan fingerprint density at radius 1 is 1.37 bits per heavy atom. The van der Waals surface area contributed by atoms with E-state index in [4.69, 9.17) is 0 Å². The summed E-state index contributed by atoms with van der Waals surface area (Å²) in [5, 5.41) is 3.64. The van der Waals surface area contributed by atoms with Crippen molar-refractivity contribution >= 4 is 28.3 Å². The zero-order valence-electron chi connectivity index (χ0n) is 16.1. The number of halogens is 1. The summed E-state index contributed by atoms with van der Waals surface area (Å²) < 4.78 is 0.990. The van der Waals surface area contributed by atoms with Crippen LogP contribution < -0.4 is 56.7 Å². The molecular formula is C23H24BrKNO-. The van der Waals surface area contributed by atoms with Crippen LogP contribution in [0, 0.1) is 11.5 Å². The number of benzene rings is 2. The van der Waals surface area contributed by atoms with Gasteiger partial charge in [-0.05, 0) is 49.5 Å². The van der Waals surface area contributed by atoms with E-state index in [1.54, 1.807) is 0 Å². The summed E-state index contributed by atoms with van der Waals surface area (Å²) in [5.74, 6) is 0. The monoisotopic (exact) mass is 448 g/mol. The van der Waals surface area contributed by atoms with Crippen molar-refractivity contribution in [2.75, 3.05) is 6.54 Å². The van der Waals surface area contributed by atoms with Gasteiger partial charge in [0.25, 0.3) is 0 Å². The summed E-state index contributed by atoms with van der Waals surface area (Å²) in [4.78, 5) is 11.5. The molecule has 1 saturated heterocycles. The summed E-state index contributed by atoms with van der Waals surface area (Å²) in [6.07, 6.45) is 7.99. The van der Waals surface area contributed by atoms with Crippen LogP contribution in [-0.4, -0.2) is 18.9 Å². The molecule has 2 aromatic carbocycles. The number of hydrogen-bond acceptors (Lipinski definition) is 2. The van der Waals surface area contributed by atoms with Gasteiger partial charge in [-0.3, -0.25) is 0 Å². The molecule has 3 rings (SSSR count). The van der Waals surface area contributed by atoms with Crippen molar-refractivity contribution in [1.82, 2.24) is 5.32 Å². The molecule has 0 bridgehead atoms. The summed E-state index contributed by atoms with van der Waals surface area (Å²) >= 11 is 3.47. The van der Waals surface area contributed by atoms with Gasteiger partial charge in [0, 0.05) is 6.04 Å². The van der Waals surface area contributed by atoms with Crippen LogP contribution >= 0.6 is 15.9 Å². The Bertz CT molecular complexity index is 777. The van der Waals surface area contributed by atoms with Crippen LogP contribution in [0.3, 0.4) is 0 Å². The Morgan fingerprint density at radius 2 is 2.15 bits per heavy atom. The quantitative estimate of drug-likeness (QED) is 0.416. The van der Waals surface area contributed by atoms with E-state index in [0.29, 0.717) is 6.04 Å². The molecule has 0 aromatic heterocycles. The Kier molecular flexibility index (Phi) is 9.63. The van der Waals surface area contributed by atoms with Crippen molar-refractivity contribution in [2.24, 2.45) is 5.41 Å². The first-order valence-electron chi connectivity index (χ1n) is 9.10. The SMILES string of the molecule is CC1(C/C([C-]=O)=C/c2[c-]ccc(Br)c2)CCNC(Cc2ccccc2)C1.[K+]. The van der Waals surface area contributed by atoms with E-state index >= 15 is 0 Å². The maximum absolute atomic E-state index is 11.5. The molecule has 136 valence electrons. The van der Waals surface area contributed by atoms with Crippen LogP contribution in [0.15, 0.2) is 58.6 Å². The third kappa shape index (κ3) is 7.35. The second-order valence-corrected chi connectivity index (χ2v) is 8.43. The molecule has 1 aliphatic heterocycles. The van der Waals surface area contributed by atoms with Gasteiger partial charge in [0.2, 0.25) is 0 Å². The van der Waals surface area contributed by atoms with Crippen molar-refractivity contribution in [1.29, 1.82) is 0 Å². The molecule has 0 saturated carbocycles. The minimum absolute atomic E-state index is 0. The third-order valence-electron chi connectivity index (χ3n) is 5.09. The maximum Gasteiger partial charge on any atom is 1.00 e. The number of rotatable bonds is 6. The molecule has 0 radical (unpaired) electrons. The summed E-state index contributed by atoms with van der Waals surface area (Å²) in [6, 6.07) is 20.0. The third-order valence-corrected chi connectivity index (χ3v) is 5.58. The smallest absolute Gasteiger partial charge is 0.418 e. The van der Waals surface area contributed by atoms with Gasteiger partial charge < -0.3 is 10.1 Å². The van der Waals surface area contributed by atoms with E-state index < -0.39 is 0 Å². The first-order valence-corrected chi connectivity index (χ1v) is 9.89. The topological polar surface area (TPSA) is 29.1 Å². The van der Waals surface area contributed by atoms with E-state index in [0.717, 1.165) is 47.8 Å². The van der Waals surface area contributed by atoms with Gasteiger partial charge in [0.15, 0.2) is 0 Å². The van der Waals surface area contributed by atoms with Crippen molar-refractivity contribution < 1.29 is 56.2 Å². The van der Waals surface area contributed by atoms with Crippen LogP contribution in [0.25, 0.3) is 6.08 Å². The average molecular weight is 449 g/mol. The molecule has 2 nitrogen and oxygen atoms in total. The number of nitrogens with one attached hydrogen (secondary N) is 1. The van der Waals surface area contributed by atoms with Crippen molar-refractivity contribution in [3.8, 4) is 0 Å². The van der Waals surface area contributed by atoms with Crippen LogP contribution in [0.4, 0.5) is 0 Å². The second kappa shape index (κ2) is 11.2. The molecule has 4 heteroatoms. The van der Waals surface area contributed by atoms with E-state index in [2.05, 4.69) is 70.9 Å². The van der Waals surface area contributed by atoms with E-state index in [1.165, 1.54) is 5.56 Å². The largest absolute Gasteiger partial charge is 1.00 e. The number of hydrogen-bond donors (Lipinski definition) is 1. The summed E-state index contributed by atoms with van der Waals surface area (Å²) in [5.41, 5.74) is 3.11. The van der Waals surface area contributed by atoms with Crippen molar-refractivity contribution in [3.63, 3.8) is 0 Å². The van der Waals surface area contributed by atoms with Gasteiger partial charge in [-0.15, -0.1) is 35.9 Å². The van der Waals surface area contributed by atoms with Crippen molar-refractivity contribution in [2.45, 2.75) is 38.6 Å². The Morgan fingerprint density at radius 3 is 2.85 bits per heavy atom. The zero-order chi connectivity index (χ0) is 18.4. The minimum atomic E-state index is 0. The van der Waals surface area contributed by atoms with Crippen LogP contribution in [0.5, 0.6) is 0 Å². The fraction of sp³-hybridized carbons (Fsp3) is 0.348. The first kappa shape index (κ1) is 23.2. The van der Waals surface area contributed by atoms with Gasteiger partial charge in [-0.2, -0.15) is 5.56 Å². The van der Waals surface area contributed by atoms with Gasteiger partial charge in [0.1, 0.15) is 0 Å². The van der Waals surface area contributed by atoms with Crippen LogP contribution in [-0.2, 0) is 11.2 Å². The molecule has 1 heterocycles. The van der Waals surface area contributed by atoms with Gasteiger partial charge >= 0.3 is 51.4 Å². The number of piperidine rings is 1. The zero-order valence-corrected chi connectivity index (χ0v) is 20.8. The molecule has 1 fully saturated rings. The van der Waals surface area contributed by atoms with Gasteiger partial charge in [0.05, 0.1) is 0 Å². The van der Waals surface area contributed by atoms with Crippen molar-refractivity contribution in [3.05, 3.63) is 75.8 Å². The second-order valence-electron chi connectivity index (χ2n) is 7.52. The molecule has 0 aliphatic carbocycles. The summed E-state index contributed by atoms with van der Waals surface area (Å²) in [7, 11) is 0. The fourth-order valence-electron chi connectivity index (χ4n) is 3.85. The molecule has 1 N–H and O–H groups in total. The first-order chi connectivity index (χ1) is 12.6. The molecule has 2 unspecified atom stereocenters. The minimum Gasteiger partial charge on any atom is -0.418 e. The van der Waals surface area contributed by atoms with Crippen LogP contribution in [0.1, 0.15) is 37.3 Å². The maximum atomic E-state index is 11.5. The normalized spacial score (nSPS) is 22.7. The summed E-state index contributed by atoms with van der Waals surface area (Å²) in [6.45, 7) is 3.28. The number of carbonyl (C=O) groups excluding carboxylic acids is 1. The molecular weight excluding hydrogens is 425 g/mol. The Hall–Kier alpha value is -0.0736. The van der Waals surface area contributed by atoms with Gasteiger partial charge in [-0.1, -0.05) is 57.7 Å². The molecule has 0 amide bonds. The van der Waals surface area contributed by atoms with E-state index in [9.17, 15) is 4.79 Å². The van der Waals surface area contributed by atoms with Crippen LogP contribution in [0.2, 0.25) is 0 Å². The molecule has 2 atom stereocenters. The molecule has 1 aliphatic rings. The average Bonchev–Trinajstić information content (AvgIpc) is 2.62. The predicted molar refractivity (Wildman–Crippen MR) is 111 cm³/mol. The molecule has 2 aromatic rings. The molecule has 0 spiro atoms. The fourth-order valence-corrected chi connectivity index (χ4v) is 4.23. The van der Waals surface area contributed by atoms with E-state index in [-0.39, 0.29) is 56.8 Å². The predicted octanol–water partition coefficient (Wildman–Crippen LogP) is 2.14.